The fraction of sp³-hybridized carbons (Fsp3) is 0.273. The van der Waals surface area contributed by atoms with E-state index in [0.29, 0.717) is 0 Å². The molecule has 1 aromatic heterocycles. The molecule has 0 spiro atoms. The Labute approximate surface area is 102 Å². The molecule has 2 heterocycles. The molecule has 0 aromatic carbocycles. The highest BCUT2D eigenvalue weighted by molar-refractivity contribution is 6.21. The van der Waals surface area contributed by atoms with Crippen LogP contribution in [-0.4, -0.2) is 52.5 Å². The molecule has 2 rings (SSSR count). The van der Waals surface area contributed by atoms with Crippen molar-refractivity contribution in [2.75, 3.05) is 13.7 Å². The molecule has 18 heavy (non-hydrogen) atoms. The molecule has 7 nitrogen and oxygen atoms in total. The Balaban J connectivity index is 2.26. The van der Waals surface area contributed by atoms with Crippen LogP contribution in [0, 0.1) is 0 Å². The third kappa shape index (κ3) is 1.84. The van der Waals surface area contributed by atoms with Crippen molar-refractivity contribution in [3.8, 4) is 0 Å². The smallest absolute Gasteiger partial charge is 0.334 e. The van der Waals surface area contributed by atoms with Gasteiger partial charge < -0.3 is 9.84 Å². The molecule has 0 saturated heterocycles. The molecular weight excluding hydrogens is 240 g/mol. The number of carbonyl (C=O) groups is 3. The number of aliphatic carboxylic acids is 1. The molecule has 0 saturated carbocycles. The minimum atomic E-state index is -1.24. The number of amides is 2. The van der Waals surface area contributed by atoms with Gasteiger partial charge in [0.05, 0.1) is 17.7 Å². The Morgan fingerprint density at radius 3 is 2.67 bits per heavy atom. The van der Waals surface area contributed by atoms with E-state index in [4.69, 9.17) is 9.84 Å². The number of hydrogen-bond acceptors (Lipinski definition) is 5. The summed E-state index contributed by atoms with van der Waals surface area (Å²) >= 11 is 0. The van der Waals surface area contributed by atoms with Gasteiger partial charge in [0.2, 0.25) is 0 Å². The first-order valence-corrected chi connectivity index (χ1v) is 5.12. The molecular formula is C11H10N2O5. The van der Waals surface area contributed by atoms with Crippen LogP contribution in [0.2, 0.25) is 0 Å². The molecule has 1 atom stereocenters. The number of nitrogens with zero attached hydrogens (tertiary/aromatic N) is 2. The topological polar surface area (TPSA) is 96.8 Å². The van der Waals surface area contributed by atoms with Gasteiger partial charge in [-0.25, -0.2) is 4.79 Å². The number of carbonyl (C=O) groups excluding carboxylic acids is 2. The summed E-state index contributed by atoms with van der Waals surface area (Å²) in [6, 6.07) is 1.43. The second kappa shape index (κ2) is 4.53. The zero-order valence-corrected chi connectivity index (χ0v) is 9.49. The predicted octanol–water partition coefficient (Wildman–Crippen LogP) is -0.223. The van der Waals surface area contributed by atoms with Crippen molar-refractivity contribution in [1.82, 2.24) is 9.88 Å². The van der Waals surface area contributed by atoms with E-state index >= 15 is 0 Å². The number of fused-ring (bicyclic) bond motifs is 1. The van der Waals surface area contributed by atoms with Gasteiger partial charge in [-0.05, 0) is 6.07 Å². The van der Waals surface area contributed by atoms with Crippen LogP contribution in [0.5, 0.6) is 0 Å². The van der Waals surface area contributed by atoms with Gasteiger partial charge in [-0.1, -0.05) is 0 Å². The summed E-state index contributed by atoms with van der Waals surface area (Å²) in [5.41, 5.74) is 0.415. The van der Waals surface area contributed by atoms with Crippen LogP contribution in [0.25, 0.3) is 0 Å². The minimum Gasteiger partial charge on any atom is -0.479 e. The van der Waals surface area contributed by atoms with Gasteiger partial charge in [0.25, 0.3) is 11.8 Å². The van der Waals surface area contributed by atoms with E-state index in [2.05, 4.69) is 4.98 Å². The summed E-state index contributed by atoms with van der Waals surface area (Å²) in [6.45, 7) is -0.321. The molecule has 1 aromatic rings. The van der Waals surface area contributed by atoms with Crippen molar-refractivity contribution >= 4 is 17.8 Å². The number of pyridine rings is 1. The van der Waals surface area contributed by atoms with Crippen LogP contribution >= 0.6 is 0 Å². The van der Waals surface area contributed by atoms with Crippen LogP contribution in [0.3, 0.4) is 0 Å². The summed E-state index contributed by atoms with van der Waals surface area (Å²) in [7, 11) is 1.21. The number of ether oxygens (including phenoxy) is 1. The van der Waals surface area contributed by atoms with Crippen LogP contribution in [0.15, 0.2) is 18.5 Å². The lowest BCUT2D eigenvalue weighted by Crippen LogP contribution is -2.41. The molecule has 0 aliphatic carbocycles. The Hall–Kier alpha value is -2.28. The number of methoxy groups -OCH3 is 1. The highest BCUT2D eigenvalue weighted by Gasteiger charge is 2.38. The fourth-order valence-corrected chi connectivity index (χ4v) is 1.72. The number of hydrogen-bond donors (Lipinski definition) is 1. The van der Waals surface area contributed by atoms with Gasteiger partial charge in [-0.3, -0.25) is 19.5 Å². The third-order valence-corrected chi connectivity index (χ3v) is 2.68. The standard InChI is InChI=1S/C11H10N2O5/c1-18-8(11(16)17)5-13-9(14)6-2-3-12-4-7(6)10(13)15/h2-4,8H,5H2,1H3,(H,16,17). The first kappa shape index (κ1) is 12.2. The molecule has 7 heteroatoms. The van der Waals surface area contributed by atoms with Crippen molar-refractivity contribution in [3.05, 3.63) is 29.6 Å². The second-order valence-corrected chi connectivity index (χ2v) is 3.70. The minimum absolute atomic E-state index is 0.183. The number of carboxylic acid groups (broad SMARTS) is 1. The Morgan fingerprint density at radius 2 is 2.11 bits per heavy atom. The van der Waals surface area contributed by atoms with E-state index in [1.54, 1.807) is 0 Å². The number of carboxylic acids is 1. The maximum Gasteiger partial charge on any atom is 0.334 e. The van der Waals surface area contributed by atoms with Crippen molar-refractivity contribution in [3.63, 3.8) is 0 Å². The normalized spacial score (nSPS) is 15.7. The van der Waals surface area contributed by atoms with Gasteiger partial charge in [-0.2, -0.15) is 0 Å². The molecule has 1 aliphatic heterocycles. The van der Waals surface area contributed by atoms with E-state index in [9.17, 15) is 14.4 Å². The Morgan fingerprint density at radius 1 is 1.44 bits per heavy atom. The van der Waals surface area contributed by atoms with E-state index in [0.717, 1.165) is 4.90 Å². The van der Waals surface area contributed by atoms with Gasteiger partial charge in [0, 0.05) is 19.5 Å². The lowest BCUT2D eigenvalue weighted by atomic mass is 10.2. The maximum absolute atomic E-state index is 11.9. The SMILES string of the molecule is COC(CN1C(=O)c2ccncc2C1=O)C(=O)O. The average molecular weight is 250 g/mol. The number of imide groups is 1. The van der Waals surface area contributed by atoms with Crippen LogP contribution in [-0.2, 0) is 9.53 Å². The summed E-state index contributed by atoms with van der Waals surface area (Å²) in [5, 5.41) is 8.84. The fourth-order valence-electron chi connectivity index (χ4n) is 1.72. The maximum atomic E-state index is 11.9. The molecule has 1 aliphatic rings. The Kier molecular flexibility index (Phi) is 3.07. The second-order valence-electron chi connectivity index (χ2n) is 3.70. The third-order valence-electron chi connectivity index (χ3n) is 2.68. The quantitative estimate of drug-likeness (QED) is 0.742. The highest BCUT2D eigenvalue weighted by atomic mass is 16.5. The van der Waals surface area contributed by atoms with Gasteiger partial charge in [-0.15, -0.1) is 0 Å². The first-order valence-electron chi connectivity index (χ1n) is 5.12. The lowest BCUT2D eigenvalue weighted by Gasteiger charge is -2.18. The van der Waals surface area contributed by atoms with Crippen LogP contribution in [0.1, 0.15) is 20.7 Å². The van der Waals surface area contributed by atoms with Crippen molar-refractivity contribution < 1.29 is 24.2 Å². The van der Waals surface area contributed by atoms with E-state index in [1.165, 1.54) is 25.6 Å². The number of rotatable bonds is 4. The van der Waals surface area contributed by atoms with Crippen molar-refractivity contribution in [2.45, 2.75) is 6.10 Å². The molecule has 2 amide bonds. The molecule has 1 N–H and O–H groups in total. The molecule has 94 valence electrons. The van der Waals surface area contributed by atoms with E-state index in [-0.39, 0.29) is 17.7 Å². The monoisotopic (exact) mass is 250 g/mol. The predicted molar refractivity (Wildman–Crippen MR) is 58.0 cm³/mol. The van der Waals surface area contributed by atoms with Crippen molar-refractivity contribution in [2.24, 2.45) is 0 Å². The van der Waals surface area contributed by atoms with Crippen LogP contribution in [0.4, 0.5) is 0 Å². The number of aromatic nitrogens is 1. The molecule has 1 unspecified atom stereocenters. The van der Waals surface area contributed by atoms with Crippen molar-refractivity contribution in [1.29, 1.82) is 0 Å². The van der Waals surface area contributed by atoms with Gasteiger partial charge in [0.1, 0.15) is 0 Å². The summed E-state index contributed by atoms with van der Waals surface area (Å²) < 4.78 is 4.71. The Bertz CT molecular complexity index is 493. The van der Waals surface area contributed by atoms with Gasteiger partial charge >= 0.3 is 5.97 Å². The largest absolute Gasteiger partial charge is 0.479 e. The highest BCUT2D eigenvalue weighted by Crippen LogP contribution is 2.21. The van der Waals surface area contributed by atoms with Crippen LogP contribution < -0.4 is 0 Å². The molecule has 0 bridgehead atoms. The summed E-state index contributed by atoms with van der Waals surface area (Å²) in [4.78, 5) is 39.2. The first-order chi connectivity index (χ1) is 8.56. The zero-order valence-electron chi connectivity index (χ0n) is 9.49. The summed E-state index contributed by atoms with van der Waals surface area (Å²) in [6.07, 6.45) is 1.46. The summed E-state index contributed by atoms with van der Waals surface area (Å²) in [5.74, 6) is -2.31. The van der Waals surface area contributed by atoms with E-state index < -0.39 is 23.9 Å². The molecule has 0 radical (unpaired) electrons. The van der Waals surface area contributed by atoms with E-state index in [1.807, 2.05) is 0 Å². The zero-order chi connectivity index (χ0) is 13.3. The average Bonchev–Trinajstić information content (AvgIpc) is 2.60. The lowest BCUT2D eigenvalue weighted by molar-refractivity contribution is -0.148. The van der Waals surface area contributed by atoms with Gasteiger partial charge in [0.15, 0.2) is 6.10 Å². The molecule has 0 fully saturated rings.